The van der Waals surface area contributed by atoms with Crippen LogP contribution in [0.15, 0.2) is 23.2 Å². The minimum Gasteiger partial charge on any atom is -0.370 e. The second-order valence-corrected chi connectivity index (χ2v) is 4.68. The van der Waals surface area contributed by atoms with Crippen LogP contribution in [0.1, 0.15) is 5.56 Å². The molecule has 1 aliphatic rings. The summed E-state index contributed by atoms with van der Waals surface area (Å²) < 4.78 is 1.26. The Morgan fingerprint density at radius 3 is 2.67 bits per heavy atom. The van der Waals surface area contributed by atoms with E-state index >= 15 is 0 Å². The van der Waals surface area contributed by atoms with Gasteiger partial charge in [-0.2, -0.15) is 0 Å². The molecule has 2 rings (SSSR count). The van der Waals surface area contributed by atoms with Crippen molar-refractivity contribution in [3.05, 3.63) is 27.3 Å². The molecule has 1 fully saturated rings. The Labute approximate surface area is 102 Å². The van der Waals surface area contributed by atoms with Crippen molar-refractivity contribution >= 4 is 34.2 Å². The average molecular weight is 316 g/mol. The average Bonchev–Trinajstić information content (AvgIpc) is 2.98. The van der Waals surface area contributed by atoms with Crippen LogP contribution in [0.4, 0.5) is 5.69 Å². The van der Waals surface area contributed by atoms with Gasteiger partial charge in [0.15, 0.2) is 5.96 Å². The van der Waals surface area contributed by atoms with Crippen molar-refractivity contribution in [3.8, 4) is 0 Å². The van der Waals surface area contributed by atoms with E-state index in [0.717, 1.165) is 5.56 Å². The number of anilines is 1. The summed E-state index contributed by atoms with van der Waals surface area (Å²) in [6, 6.07) is 6.33. The molecule has 0 aromatic heterocycles. The SMILES string of the molecule is NC(N)=NCc1ccc(N2CC2)c(I)c1. The maximum atomic E-state index is 5.28. The fraction of sp³-hybridized carbons (Fsp3) is 0.300. The summed E-state index contributed by atoms with van der Waals surface area (Å²) in [7, 11) is 0. The highest BCUT2D eigenvalue weighted by Crippen LogP contribution is 2.28. The third kappa shape index (κ3) is 2.74. The molecule has 1 heterocycles. The number of aliphatic imine (C=N–C) groups is 1. The quantitative estimate of drug-likeness (QED) is 0.377. The van der Waals surface area contributed by atoms with E-state index in [0.29, 0.717) is 6.54 Å². The first kappa shape index (κ1) is 10.5. The van der Waals surface area contributed by atoms with Crippen molar-refractivity contribution in [2.45, 2.75) is 6.54 Å². The molecule has 0 saturated carbocycles. The Bertz CT molecular complexity index is 394. The predicted octanol–water partition coefficient (Wildman–Crippen LogP) is 0.885. The molecule has 4 N–H and O–H groups in total. The largest absolute Gasteiger partial charge is 0.370 e. The lowest BCUT2D eigenvalue weighted by Gasteiger charge is -2.07. The molecule has 80 valence electrons. The molecule has 0 aliphatic carbocycles. The predicted molar refractivity (Wildman–Crippen MR) is 70.9 cm³/mol. The van der Waals surface area contributed by atoms with Gasteiger partial charge < -0.3 is 16.4 Å². The summed E-state index contributed by atoms with van der Waals surface area (Å²) in [4.78, 5) is 6.31. The molecule has 0 unspecified atom stereocenters. The third-order valence-corrected chi connectivity index (χ3v) is 3.11. The highest BCUT2D eigenvalue weighted by Gasteiger charge is 2.19. The molecule has 0 radical (unpaired) electrons. The van der Waals surface area contributed by atoms with Crippen LogP contribution in [-0.4, -0.2) is 19.0 Å². The van der Waals surface area contributed by atoms with Crippen LogP contribution < -0.4 is 16.4 Å². The second-order valence-electron chi connectivity index (χ2n) is 3.51. The van der Waals surface area contributed by atoms with E-state index in [2.05, 4.69) is 50.7 Å². The van der Waals surface area contributed by atoms with Gasteiger partial charge >= 0.3 is 0 Å². The van der Waals surface area contributed by atoms with Gasteiger partial charge in [-0.05, 0) is 40.3 Å². The highest BCUT2D eigenvalue weighted by molar-refractivity contribution is 14.1. The second kappa shape index (κ2) is 4.26. The number of hydrogen-bond acceptors (Lipinski definition) is 2. The molecule has 0 spiro atoms. The van der Waals surface area contributed by atoms with Gasteiger partial charge in [-0.15, -0.1) is 0 Å². The summed E-state index contributed by atoms with van der Waals surface area (Å²) in [5, 5.41) is 0. The molecule has 15 heavy (non-hydrogen) atoms. The van der Waals surface area contributed by atoms with Crippen LogP contribution in [0.3, 0.4) is 0 Å². The van der Waals surface area contributed by atoms with Gasteiger partial charge in [-0.3, -0.25) is 0 Å². The van der Waals surface area contributed by atoms with Crippen LogP contribution >= 0.6 is 22.6 Å². The molecule has 0 atom stereocenters. The van der Waals surface area contributed by atoms with Crippen LogP contribution in [0.25, 0.3) is 0 Å². The molecule has 0 bridgehead atoms. The van der Waals surface area contributed by atoms with E-state index in [1.165, 1.54) is 22.3 Å². The summed E-state index contributed by atoms with van der Waals surface area (Å²) in [5.74, 6) is 0.139. The lowest BCUT2D eigenvalue weighted by atomic mass is 10.2. The molecule has 1 saturated heterocycles. The van der Waals surface area contributed by atoms with E-state index in [1.54, 1.807) is 0 Å². The van der Waals surface area contributed by atoms with Crippen molar-refractivity contribution < 1.29 is 0 Å². The van der Waals surface area contributed by atoms with Crippen LogP contribution in [0.2, 0.25) is 0 Å². The lowest BCUT2D eigenvalue weighted by Crippen LogP contribution is -2.22. The number of benzene rings is 1. The zero-order valence-corrected chi connectivity index (χ0v) is 10.4. The van der Waals surface area contributed by atoms with Gasteiger partial charge in [0.1, 0.15) is 0 Å². The summed E-state index contributed by atoms with van der Waals surface area (Å²) in [6.45, 7) is 2.89. The number of halogens is 1. The highest BCUT2D eigenvalue weighted by atomic mass is 127. The molecule has 5 heteroatoms. The van der Waals surface area contributed by atoms with Gasteiger partial charge in [-0.25, -0.2) is 4.99 Å². The Hall–Kier alpha value is -0.980. The van der Waals surface area contributed by atoms with E-state index in [1.807, 2.05) is 0 Å². The third-order valence-electron chi connectivity index (χ3n) is 2.24. The molecule has 1 aliphatic heterocycles. The van der Waals surface area contributed by atoms with Gasteiger partial charge in [0.2, 0.25) is 0 Å². The van der Waals surface area contributed by atoms with E-state index in [-0.39, 0.29) is 5.96 Å². The monoisotopic (exact) mass is 316 g/mol. The minimum absolute atomic E-state index is 0.139. The number of hydrogen-bond donors (Lipinski definition) is 2. The lowest BCUT2D eigenvalue weighted by molar-refractivity contribution is 1.05. The fourth-order valence-electron chi connectivity index (χ4n) is 1.38. The van der Waals surface area contributed by atoms with Gasteiger partial charge in [-0.1, -0.05) is 6.07 Å². The Balaban J connectivity index is 2.14. The summed E-state index contributed by atoms with van der Waals surface area (Å²) in [6.07, 6.45) is 0. The Kier molecular flexibility index (Phi) is 2.99. The normalized spacial score (nSPS) is 13.8. The maximum Gasteiger partial charge on any atom is 0.186 e. The zero-order valence-electron chi connectivity index (χ0n) is 8.28. The number of rotatable bonds is 3. The summed E-state index contributed by atoms with van der Waals surface area (Å²) >= 11 is 2.35. The van der Waals surface area contributed by atoms with Crippen LogP contribution in [-0.2, 0) is 6.54 Å². The van der Waals surface area contributed by atoms with Crippen molar-refractivity contribution in [3.63, 3.8) is 0 Å². The first-order chi connectivity index (χ1) is 7.16. The van der Waals surface area contributed by atoms with Crippen LogP contribution in [0.5, 0.6) is 0 Å². The Morgan fingerprint density at radius 2 is 2.13 bits per heavy atom. The van der Waals surface area contributed by atoms with Crippen LogP contribution in [0, 0.1) is 3.57 Å². The van der Waals surface area contributed by atoms with E-state index < -0.39 is 0 Å². The molecule has 1 aromatic rings. The molecular formula is C10H13IN4. The minimum atomic E-state index is 0.139. The molecular weight excluding hydrogens is 303 g/mol. The standard InChI is InChI=1S/C10H13IN4/c11-8-5-7(6-14-10(12)13)1-2-9(8)15-3-4-15/h1-2,5H,3-4,6H2,(H4,12,13,14). The molecule has 4 nitrogen and oxygen atoms in total. The van der Waals surface area contributed by atoms with E-state index in [9.17, 15) is 0 Å². The van der Waals surface area contributed by atoms with Gasteiger partial charge in [0.05, 0.1) is 12.2 Å². The summed E-state index contributed by atoms with van der Waals surface area (Å²) in [5.41, 5.74) is 13.0. The smallest absolute Gasteiger partial charge is 0.186 e. The fourth-order valence-corrected chi connectivity index (χ4v) is 2.30. The maximum absolute atomic E-state index is 5.28. The first-order valence-electron chi connectivity index (χ1n) is 4.75. The topological polar surface area (TPSA) is 67.4 Å². The van der Waals surface area contributed by atoms with Crippen molar-refractivity contribution in [2.75, 3.05) is 18.0 Å². The number of nitrogens with zero attached hydrogens (tertiary/aromatic N) is 2. The zero-order chi connectivity index (χ0) is 10.8. The van der Waals surface area contributed by atoms with Crippen molar-refractivity contribution in [2.24, 2.45) is 16.5 Å². The Morgan fingerprint density at radius 1 is 1.40 bits per heavy atom. The van der Waals surface area contributed by atoms with Crippen molar-refractivity contribution in [1.29, 1.82) is 0 Å². The van der Waals surface area contributed by atoms with Gasteiger partial charge in [0.25, 0.3) is 0 Å². The van der Waals surface area contributed by atoms with Crippen molar-refractivity contribution in [1.82, 2.24) is 0 Å². The first-order valence-corrected chi connectivity index (χ1v) is 5.83. The molecule has 0 amide bonds. The molecule has 1 aromatic carbocycles. The van der Waals surface area contributed by atoms with E-state index in [4.69, 9.17) is 11.5 Å². The van der Waals surface area contributed by atoms with Gasteiger partial charge in [0, 0.05) is 16.7 Å². The number of nitrogens with two attached hydrogens (primary N) is 2. The number of guanidine groups is 1.